The number of thioether (sulfide) groups is 1. The third kappa shape index (κ3) is 7.33. The molecular weight excluding hydrogens is 493 g/mol. The quantitative estimate of drug-likeness (QED) is 0.356. The largest absolute Gasteiger partial charge is 0.491 e. The van der Waals surface area contributed by atoms with Crippen molar-refractivity contribution in [1.29, 1.82) is 0 Å². The molecule has 1 fully saturated rings. The highest BCUT2D eigenvalue weighted by molar-refractivity contribution is 7.99. The molecule has 0 N–H and O–H groups in total. The molecule has 3 rings (SSSR count). The average Bonchev–Trinajstić information content (AvgIpc) is 2.81. The Balaban J connectivity index is 1.84. The minimum Gasteiger partial charge on any atom is -0.491 e. The average molecular weight is 522 g/mol. The third-order valence-electron chi connectivity index (χ3n) is 5.00. The van der Waals surface area contributed by atoms with Crippen molar-refractivity contribution in [2.75, 3.05) is 12.4 Å². The summed E-state index contributed by atoms with van der Waals surface area (Å²) in [4.78, 5) is 39.3. The zero-order chi connectivity index (χ0) is 26.2. The molecule has 0 radical (unpaired) electrons. The number of benzene rings is 1. The number of esters is 3. The first-order valence-electron chi connectivity index (χ1n) is 11.4. The first-order chi connectivity index (χ1) is 17.2. The van der Waals surface area contributed by atoms with Crippen LogP contribution in [0.5, 0.6) is 11.5 Å². The van der Waals surface area contributed by atoms with E-state index in [-0.39, 0.29) is 11.5 Å². The number of hydrogen-bond donors (Lipinski definition) is 0. The zero-order valence-electron chi connectivity index (χ0n) is 20.4. The maximum Gasteiger partial charge on any atom is 0.303 e. The Morgan fingerprint density at radius 2 is 1.67 bits per heavy atom. The molecule has 1 saturated heterocycles. The number of pyridine rings is 1. The molecule has 4 atom stereocenters. The molecule has 0 saturated carbocycles. The first-order valence-corrected chi connectivity index (χ1v) is 12.4. The zero-order valence-corrected chi connectivity index (χ0v) is 21.2. The van der Waals surface area contributed by atoms with Gasteiger partial charge in [-0.25, -0.2) is 4.39 Å². The van der Waals surface area contributed by atoms with Gasteiger partial charge in [0.25, 0.3) is 0 Å². The summed E-state index contributed by atoms with van der Waals surface area (Å²) in [5.74, 6) is -1.58. The molecule has 1 aliphatic heterocycles. The summed E-state index contributed by atoms with van der Waals surface area (Å²) in [6, 6.07) is 6.29. The number of nitrogens with zero attached hydrogens (tertiary/aromatic N) is 1. The second kappa shape index (κ2) is 12.6. The van der Waals surface area contributed by atoms with Crippen LogP contribution < -0.4 is 9.47 Å². The molecule has 194 valence electrons. The van der Waals surface area contributed by atoms with Crippen LogP contribution in [-0.4, -0.2) is 59.0 Å². The summed E-state index contributed by atoms with van der Waals surface area (Å²) in [5, 5.41) is 0. The molecule has 1 aromatic heterocycles. The van der Waals surface area contributed by atoms with Gasteiger partial charge in [0, 0.05) is 38.3 Å². The second-order valence-corrected chi connectivity index (χ2v) is 9.15. The molecule has 2 aromatic rings. The number of carbonyl (C=O) groups excluding carboxylic acids is 3. The molecule has 2 heterocycles. The van der Waals surface area contributed by atoms with Crippen molar-refractivity contribution in [3.63, 3.8) is 0 Å². The van der Waals surface area contributed by atoms with Crippen LogP contribution in [-0.2, 0) is 28.6 Å². The Bertz CT molecular complexity index is 1100. The molecule has 0 bridgehead atoms. The highest BCUT2D eigenvalue weighted by Crippen LogP contribution is 2.35. The predicted octanol–water partition coefficient (Wildman–Crippen LogP) is 3.92. The number of ether oxygens (including phenoxy) is 5. The SMILES string of the molecule is CCCOc1ccc(-c2cncc(O[C@H]3SC[C@@H](OC(C)=O)[C@H](OC(C)=O)[C@H]3OC(C)=O)c2)cc1F. The number of hydrogen-bond acceptors (Lipinski definition) is 10. The van der Waals surface area contributed by atoms with E-state index in [1.807, 2.05) is 6.92 Å². The fraction of sp³-hybridized carbons (Fsp3) is 0.440. The van der Waals surface area contributed by atoms with Gasteiger partial charge in [0.05, 0.1) is 12.8 Å². The van der Waals surface area contributed by atoms with Crippen LogP contribution in [0.15, 0.2) is 36.7 Å². The third-order valence-corrected chi connectivity index (χ3v) is 6.21. The van der Waals surface area contributed by atoms with Crippen molar-refractivity contribution >= 4 is 29.7 Å². The molecule has 0 aliphatic carbocycles. The van der Waals surface area contributed by atoms with E-state index in [0.717, 1.165) is 6.42 Å². The van der Waals surface area contributed by atoms with E-state index in [1.165, 1.54) is 44.8 Å². The Morgan fingerprint density at radius 1 is 0.972 bits per heavy atom. The van der Waals surface area contributed by atoms with E-state index in [2.05, 4.69) is 4.98 Å². The van der Waals surface area contributed by atoms with Gasteiger partial charge in [-0.15, -0.1) is 11.8 Å². The standard InChI is InChI=1S/C25H28FNO8S/c1-5-8-31-21-7-6-17(10-20(21)26)18-9-19(12-27-11-18)35-25-24(34-16(4)30)23(33-15(3)29)22(13-36-25)32-14(2)28/h6-7,9-12,22-25H,5,8,13H2,1-4H3/t22-,23+,24-,25+/m1/s1. The first kappa shape index (κ1) is 27.3. The van der Waals surface area contributed by atoms with Gasteiger partial charge in [-0.3, -0.25) is 19.4 Å². The van der Waals surface area contributed by atoms with Crippen LogP contribution in [0.2, 0.25) is 0 Å². The Hall–Kier alpha value is -3.34. The molecular formula is C25H28FNO8S. The topological polar surface area (TPSA) is 110 Å². The van der Waals surface area contributed by atoms with Gasteiger partial charge in [-0.2, -0.15) is 0 Å². The van der Waals surface area contributed by atoms with E-state index in [9.17, 15) is 18.8 Å². The number of halogens is 1. The number of rotatable bonds is 9. The molecule has 1 aliphatic rings. The lowest BCUT2D eigenvalue weighted by Gasteiger charge is -2.39. The predicted molar refractivity (Wildman–Crippen MR) is 129 cm³/mol. The van der Waals surface area contributed by atoms with Gasteiger partial charge >= 0.3 is 17.9 Å². The molecule has 0 amide bonds. The number of carbonyl (C=O) groups is 3. The van der Waals surface area contributed by atoms with E-state index in [4.69, 9.17) is 23.7 Å². The fourth-order valence-corrected chi connectivity index (χ4v) is 4.81. The fourth-order valence-electron chi connectivity index (χ4n) is 3.59. The minimum atomic E-state index is -1.07. The van der Waals surface area contributed by atoms with Crippen LogP contribution in [0.3, 0.4) is 0 Å². The maximum absolute atomic E-state index is 14.5. The van der Waals surface area contributed by atoms with Gasteiger partial charge in [0.2, 0.25) is 0 Å². The van der Waals surface area contributed by atoms with Crippen LogP contribution in [0.4, 0.5) is 4.39 Å². The second-order valence-electron chi connectivity index (χ2n) is 8.02. The molecule has 0 spiro atoms. The highest BCUT2D eigenvalue weighted by Gasteiger charge is 2.47. The summed E-state index contributed by atoms with van der Waals surface area (Å²) in [6.07, 6.45) is 0.819. The van der Waals surface area contributed by atoms with E-state index in [1.54, 1.807) is 24.4 Å². The van der Waals surface area contributed by atoms with E-state index >= 15 is 0 Å². The molecule has 0 unspecified atom stereocenters. The lowest BCUT2D eigenvalue weighted by Crippen LogP contribution is -2.55. The molecule has 36 heavy (non-hydrogen) atoms. The maximum atomic E-state index is 14.5. The number of aromatic nitrogens is 1. The molecule has 9 nitrogen and oxygen atoms in total. The van der Waals surface area contributed by atoms with E-state index < -0.39 is 47.5 Å². The highest BCUT2D eigenvalue weighted by atomic mass is 32.2. The van der Waals surface area contributed by atoms with Crippen LogP contribution in [0.25, 0.3) is 11.1 Å². The summed E-state index contributed by atoms with van der Waals surface area (Å²) in [7, 11) is 0. The lowest BCUT2D eigenvalue weighted by molar-refractivity contribution is -0.186. The van der Waals surface area contributed by atoms with Gasteiger partial charge in [0.15, 0.2) is 35.3 Å². The molecule has 11 heteroatoms. The van der Waals surface area contributed by atoms with Crippen molar-refractivity contribution in [3.05, 3.63) is 42.5 Å². The normalized spacial score (nSPS) is 21.2. The monoisotopic (exact) mass is 521 g/mol. The van der Waals surface area contributed by atoms with Crippen molar-refractivity contribution < 1.29 is 42.5 Å². The lowest BCUT2D eigenvalue weighted by atomic mass is 10.1. The smallest absolute Gasteiger partial charge is 0.303 e. The molecule has 1 aromatic carbocycles. The Labute approximate surface area is 212 Å². The van der Waals surface area contributed by atoms with Crippen LogP contribution in [0.1, 0.15) is 34.1 Å². The van der Waals surface area contributed by atoms with Crippen molar-refractivity contribution in [1.82, 2.24) is 4.98 Å². The van der Waals surface area contributed by atoms with Crippen LogP contribution in [0, 0.1) is 5.82 Å². The van der Waals surface area contributed by atoms with Gasteiger partial charge < -0.3 is 23.7 Å². The van der Waals surface area contributed by atoms with Crippen LogP contribution >= 0.6 is 11.8 Å². The van der Waals surface area contributed by atoms with Crippen molar-refractivity contribution in [3.8, 4) is 22.6 Å². The van der Waals surface area contributed by atoms with Crippen molar-refractivity contribution in [2.24, 2.45) is 0 Å². The summed E-state index contributed by atoms with van der Waals surface area (Å²) in [5.41, 5.74) is 0.353. The minimum absolute atomic E-state index is 0.169. The van der Waals surface area contributed by atoms with Gasteiger partial charge in [-0.05, 0) is 30.2 Å². The van der Waals surface area contributed by atoms with Gasteiger partial charge in [-0.1, -0.05) is 13.0 Å². The van der Waals surface area contributed by atoms with E-state index in [0.29, 0.717) is 23.5 Å². The Morgan fingerprint density at radius 3 is 2.31 bits per heavy atom. The Kier molecular flexibility index (Phi) is 9.51. The van der Waals surface area contributed by atoms with Crippen molar-refractivity contribution in [2.45, 2.75) is 57.9 Å². The van der Waals surface area contributed by atoms with Gasteiger partial charge in [0.1, 0.15) is 5.75 Å². The summed E-state index contributed by atoms with van der Waals surface area (Å²) in [6.45, 7) is 6.01. The summed E-state index contributed by atoms with van der Waals surface area (Å²) < 4.78 is 42.0. The summed E-state index contributed by atoms with van der Waals surface area (Å²) >= 11 is 1.23.